The van der Waals surface area contributed by atoms with Crippen molar-refractivity contribution < 1.29 is 9.53 Å². The first-order valence-electron chi connectivity index (χ1n) is 6.22. The van der Waals surface area contributed by atoms with E-state index >= 15 is 0 Å². The summed E-state index contributed by atoms with van der Waals surface area (Å²) in [6.45, 7) is 2.39. The molecule has 0 aliphatic carbocycles. The largest absolute Gasteiger partial charge is 0.493 e. The van der Waals surface area contributed by atoms with Gasteiger partial charge in [-0.1, -0.05) is 48.2 Å². The van der Waals surface area contributed by atoms with E-state index in [0.29, 0.717) is 11.7 Å². The van der Waals surface area contributed by atoms with Crippen molar-refractivity contribution in [2.45, 2.75) is 17.7 Å². The second-order valence-corrected chi connectivity index (χ2v) is 6.25. The summed E-state index contributed by atoms with van der Waals surface area (Å²) in [5.41, 5.74) is 0. The van der Waals surface area contributed by atoms with Gasteiger partial charge in [0.15, 0.2) is 4.34 Å². The molecule has 0 saturated carbocycles. The van der Waals surface area contributed by atoms with Crippen LogP contribution in [-0.4, -0.2) is 28.5 Å². The lowest BCUT2D eigenvalue weighted by Crippen LogP contribution is -2.15. The summed E-state index contributed by atoms with van der Waals surface area (Å²) in [6.07, 6.45) is 0.282. The van der Waals surface area contributed by atoms with Crippen molar-refractivity contribution in [3.63, 3.8) is 0 Å². The van der Waals surface area contributed by atoms with E-state index in [-0.39, 0.29) is 12.3 Å². The molecule has 5 nitrogen and oxygen atoms in total. The highest BCUT2D eigenvalue weighted by atomic mass is 32.2. The Bertz CT molecular complexity index is 546. The summed E-state index contributed by atoms with van der Waals surface area (Å²) in [4.78, 5) is 11.7. The molecule has 1 aromatic heterocycles. The standard InChI is InChI=1S/C13H15N3O2S2/c1-2-19-13-16-15-12(20-13)14-11(17)8-9-18-10-6-4-3-5-7-10/h3-7H,2,8-9H2,1H3,(H,14,15,17). The van der Waals surface area contributed by atoms with Gasteiger partial charge in [0, 0.05) is 0 Å². The van der Waals surface area contributed by atoms with Gasteiger partial charge in [-0.3, -0.25) is 4.79 Å². The fourth-order valence-corrected chi connectivity index (χ4v) is 3.07. The zero-order valence-corrected chi connectivity index (χ0v) is 12.7. The van der Waals surface area contributed by atoms with Crippen LogP contribution in [0.1, 0.15) is 13.3 Å². The van der Waals surface area contributed by atoms with Gasteiger partial charge in [-0.15, -0.1) is 10.2 Å². The number of carbonyl (C=O) groups is 1. The van der Waals surface area contributed by atoms with Crippen LogP contribution in [0.15, 0.2) is 34.7 Å². The number of thioether (sulfide) groups is 1. The van der Waals surface area contributed by atoms with Gasteiger partial charge in [-0.05, 0) is 17.9 Å². The first kappa shape index (κ1) is 14.8. The van der Waals surface area contributed by atoms with Gasteiger partial charge in [0.05, 0.1) is 13.0 Å². The maximum absolute atomic E-state index is 11.7. The number of ether oxygens (including phenoxy) is 1. The summed E-state index contributed by atoms with van der Waals surface area (Å²) < 4.78 is 6.32. The Morgan fingerprint density at radius 3 is 2.90 bits per heavy atom. The Morgan fingerprint density at radius 2 is 2.15 bits per heavy atom. The summed E-state index contributed by atoms with van der Waals surface area (Å²) in [6, 6.07) is 9.42. The Balaban J connectivity index is 1.72. The van der Waals surface area contributed by atoms with Gasteiger partial charge < -0.3 is 10.1 Å². The molecule has 0 spiro atoms. The van der Waals surface area contributed by atoms with E-state index in [9.17, 15) is 4.79 Å². The number of carbonyl (C=O) groups excluding carboxylic acids is 1. The maximum atomic E-state index is 11.7. The van der Waals surface area contributed by atoms with Crippen molar-refractivity contribution in [2.24, 2.45) is 0 Å². The third-order valence-electron chi connectivity index (χ3n) is 2.26. The second-order valence-electron chi connectivity index (χ2n) is 3.77. The molecule has 0 fully saturated rings. The average Bonchev–Trinajstić information content (AvgIpc) is 2.88. The van der Waals surface area contributed by atoms with Crippen LogP contribution in [0.5, 0.6) is 5.75 Å². The molecule has 0 aliphatic heterocycles. The SMILES string of the molecule is CCSc1nnc(NC(=O)CCOc2ccccc2)s1. The highest BCUT2D eigenvalue weighted by molar-refractivity contribution is 8.01. The number of nitrogens with one attached hydrogen (secondary N) is 1. The van der Waals surface area contributed by atoms with Crippen molar-refractivity contribution in [1.29, 1.82) is 0 Å². The van der Waals surface area contributed by atoms with E-state index in [1.165, 1.54) is 11.3 Å². The van der Waals surface area contributed by atoms with E-state index < -0.39 is 0 Å². The number of para-hydroxylation sites is 1. The van der Waals surface area contributed by atoms with E-state index in [1.807, 2.05) is 37.3 Å². The third kappa shape index (κ3) is 4.82. The first-order chi connectivity index (χ1) is 9.78. The smallest absolute Gasteiger partial charge is 0.229 e. The number of amides is 1. The average molecular weight is 309 g/mol. The van der Waals surface area contributed by atoms with Crippen molar-refractivity contribution in [3.05, 3.63) is 30.3 Å². The minimum absolute atomic E-state index is 0.120. The van der Waals surface area contributed by atoms with Crippen LogP contribution >= 0.6 is 23.1 Å². The molecule has 1 aromatic carbocycles. The Hall–Kier alpha value is -1.60. The zero-order valence-electron chi connectivity index (χ0n) is 11.0. The van der Waals surface area contributed by atoms with Crippen LogP contribution in [0.2, 0.25) is 0 Å². The molecule has 1 N–H and O–H groups in total. The third-order valence-corrected chi connectivity index (χ3v) is 4.12. The van der Waals surface area contributed by atoms with Crippen molar-refractivity contribution in [2.75, 3.05) is 17.7 Å². The number of hydrogen-bond acceptors (Lipinski definition) is 6. The van der Waals surface area contributed by atoms with E-state index in [0.717, 1.165) is 15.8 Å². The lowest BCUT2D eigenvalue weighted by molar-refractivity contribution is -0.116. The fourth-order valence-electron chi connectivity index (χ4n) is 1.40. The van der Waals surface area contributed by atoms with Gasteiger partial charge in [-0.25, -0.2) is 0 Å². The molecule has 0 saturated heterocycles. The summed E-state index contributed by atoms with van der Waals surface area (Å²) in [5, 5.41) is 11.1. The minimum atomic E-state index is -0.120. The number of rotatable bonds is 7. The van der Waals surface area contributed by atoms with E-state index in [1.54, 1.807) is 11.8 Å². The molecule has 2 aromatic rings. The summed E-state index contributed by atoms with van der Waals surface area (Å²) >= 11 is 2.99. The van der Waals surface area contributed by atoms with Crippen LogP contribution in [0, 0.1) is 0 Å². The molecule has 0 radical (unpaired) electrons. The quantitative estimate of drug-likeness (QED) is 0.629. The number of anilines is 1. The Morgan fingerprint density at radius 1 is 1.35 bits per heavy atom. The molecule has 2 rings (SSSR count). The van der Waals surface area contributed by atoms with Gasteiger partial charge in [0.2, 0.25) is 11.0 Å². The monoisotopic (exact) mass is 309 g/mol. The predicted molar refractivity (Wildman–Crippen MR) is 81.5 cm³/mol. The molecule has 0 aliphatic rings. The minimum Gasteiger partial charge on any atom is -0.493 e. The topological polar surface area (TPSA) is 64.1 Å². The molecule has 1 amide bonds. The number of nitrogens with zero attached hydrogens (tertiary/aromatic N) is 2. The van der Waals surface area contributed by atoms with Crippen molar-refractivity contribution in [3.8, 4) is 5.75 Å². The normalized spacial score (nSPS) is 10.2. The first-order valence-corrected chi connectivity index (χ1v) is 8.02. The molecule has 0 atom stereocenters. The van der Waals surface area contributed by atoms with Crippen molar-refractivity contribution in [1.82, 2.24) is 10.2 Å². The Labute approximate surface area is 125 Å². The molecule has 0 unspecified atom stereocenters. The van der Waals surface area contributed by atoms with Crippen LogP contribution in [0.25, 0.3) is 0 Å². The zero-order chi connectivity index (χ0) is 14.2. The van der Waals surface area contributed by atoms with Gasteiger partial charge in [0.1, 0.15) is 5.75 Å². The molecule has 106 valence electrons. The second kappa shape index (κ2) is 7.86. The number of hydrogen-bond donors (Lipinski definition) is 1. The van der Waals surface area contributed by atoms with E-state index in [4.69, 9.17) is 4.74 Å². The highest BCUT2D eigenvalue weighted by Crippen LogP contribution is 2.24. The maximum Gasteiger partial charge on any atom is 0.229 e. The van der Waals surface area contributed by atoms with Crippen LogP contribution in [0.3, 0.4) is 0 Å². The Kier molecular flexibility index (Phi) is 5.82. The predicted octanol–water partition coefficient (Wildman–Crippen LogP) is 3.06. The molecular formula is C13H15N3O2S2. The fraction of sp³-hybridized carbons (Fsp3) is 0.308. The van der Waals surface area contributed by atoms with Crippen LogP contribution in [-0.2, 0) is 4.79 Å². The highest BCUT2D eigenvalue weighted by Gasteiger charge is 2.08. The molecular weight excluding hydrogens is 294 g/mol. The lowest BCUT2D eigenvalue weighted by atomic mass is 10.3. The molecule has 20 heavy (non-hydrogen) atoms. The molecule has 0 bridgehead atoms. The number of aromatic nitrogens is 2. The van der Waals surface area contributed by atoms with Gasteiger partial charge >= 0.3 is 0 Å². The summed E-state index contributed by atoms with van der Waals surface area (Å²) in [7, 11) is 0. The van der Waals surface area contributed by atoms with Crippen molar-refractivity contribution >= 4 is 34.1 Å². The van der Waals surface area contributed by atoms with Gasteiger partial charge in [-0.2, -0.15) is 0 Å². The summed E-state index contributed by atoms with van der Waals surface area (Å²) in [5.74, 6) is 1.58. The molecule has 7 heteroatoms. The lowest BCUT2D eigenvalue weighted by Gasteiger charge is -2.05. The number of benzene rings is 1. The van der Waals surface area contributed by atoms with Gasteiger partial charge in [0.25, 0.3) is 0 Å². The van der Waals surface area contributed by atoms with E-state index in [2.05, 4.69) is 15.5 Å². The molecule has 1 heterocycles. The van der Waals surface area contributed by atoms with Crippen LogP contribution < -0.4 is 10.1 Å². The van der Waals surface area contributed by atoms with Crippen LogP contribution in [0.4, 0.5) is 5.13 Å².